The molecular formula is C8H19NO2Pt. The van der Waals surface area contributed by atoms with E-state index in [1.54, 1.807) is 0 Å². The molecule has 0 radical (unpaired) electrons. The quantitative estimate of drug-likeness (QED) is 0.795. The molecule has 0 spiro atoms. The van der Waals surface area contributed by atoms with Crippen molar-refractivity contribution < 1.29 is 31.0 Å². The van der Waals surface area contributed by atoms with Crippen molar-refractivity contribution in [2.24, 2.45) is 5.92 Å². The molecule has 0 aromatic heterocycles. The minimum atomic E-state index is -0.643. The van der Waals surface area contributed by atoms with Crippen LogP contribution in [0.1, 0.15) is 39.5 Å². The third-order valence-corrected chi connectivity index (χ3v) is 1.75. The maximum Gasteiger partial charge on any atom is 0.306 e. The Morgan fingerprint density at radius 1 is 1.42 bits per heavy atom. The van der Waals surface area contributed by atoms with Crippen LogP contribution in [-0.2, 0) is 25.9 Å². The molecule has 4 N–H and O–H groups in total. The van der Waals surface area contributed by atoms with Crippen LogP contribution in [0, 0.1) is 5.92 Å². The van der Waals surface area contributed by atoms with Crippen molar-refractivity contribution in [1.29, 1.82) is 0 Å². The van der Waals surface area contributed by atoms with Crippen molar-refractivity contribution in [2.45, 2.75) is 39.5 Å². The van der Waals surface area contributed by atoms with E-state index in [4.69, 9.17) is 5.11 Å². The van der Waals surface area contributed by atoms with Crippen LogP contribution in [0.25, 0.3) is 0 Å². The van der Waals surface area contributed by atoms with E-state index >= 15 is 0 Å². The number of hydrogen-bond donors (Lipinski definition) is 2. The summed E-state index contributed by atoms with van der Waals surface area (Å²) in [6.45, 7) is 4.00. The summed E-state index contributed by atoms with van der Waals surface area (Å²) in [6.07, 6.45) is 3.71. The molecule has 0 saturated heterocycles. The molecule has 0 saturated carbocycles. The first-order valence-electron chi connectivity index (χ1n) is 3.95. The molecule has 3 nitrogen and oxygen atoms in total. The van der Waals surface area contributed by atoms with Gasteiger partial charge in [-0.25, -0.2) is 0 Å². The number of unbranched alkanes of at least 4 members (excludes halogenated alkanes) is 1. The zero-order valence-electron chi connectivity index (χ0n) is 7.78. The van der Waals surface area contributed by atoms with Gasteiger partial charge in [-0.15, -0.1) is 0 Å². The Labute approximate surface area is 88.8 Å². The van der Waals surface area contributed by atoms with E-state index in [0.717, 1.165) is 25.7 Å². The SMILES string of the molecule is CCCCC(CC)C(=O)O.N.[Pt]. The van der Waals surface area contributed by atoms with Crippen molar-refractivity contribution in [2.75, 3.05) is 0 Å². The molecule has 78 valence electrons. The Hall–Kier alpha value is 0.118. The van der Waals surface area contributed by atoms with Crippen molar-refractivity contribution in [3.63, 3.8) is 0 Å². The summed E-state index contributed by atoms with van der Waals surface area (Å²) in [6, 6.07) is 0. The third-order valence-electron chi connectivity index (χ3n) is 1.75. The van der Waals surface area contributed by atoms with E-state index < -0.39 is 5.97 Å². The van der Waals surface area contributed by atoms with Crippen molar-refractivity contribution in [3.05, 3.63) is 0 Å². The molecule has 0 aliphatic rings. The summed E-state index contributed by atoms with van der Waals surface area (Å²) in [5.74, 6) is -0.754. The zero-order valence-corrected chi connectivity index (χ0v) is 10.1. The largest absolute Gasteiger partial charge is 0.481 e. The molecule has 1 atom stereocenters. The van der Waals surface area contributed by atoms with Crippen LogP contribution in [0.2, 0.25) is 0 Å². The average Bonchev–Trinajstić information content (AvgIpc) is 1.89. The Morgan fingerprint density at radius 3 is 2.17 bits per heavy atom. The predicted molar refractivity (Wildman–Crippen MR) is 46.0 cm³/mol. The molecule has 12 heavy (non-hydrogen) atoms. The second-order valence-electron chi connectivity index (χ2n) is 2.59. The third kappa shape index (κ3) is 8.22. The van der Waals surface area contributed by atoms with Crippen molar-refractivity contribution >= 4 is 5.97 Å². The van der Waals surface area contributed by atoms with E-state index in [2.05, 4.69) is 6.92 Å². The Bertz CT molecular complexity index is 109. The minimum absolute atomic E-state index is 0. The molecule has 0 bridgehead atoms. The smallest absolute Gasteiger partial charge is 0.306 e. The summed E-state index contributed by atoms with van der Waals surface area (Å²) < 4.78 is 0. The van der Waals surface area contributed by atoms with Crippen molar-refractivity contribution in [1.82, 2.24) is 6.15 Å². The van der Waals surface area contributed by atoms with Crippen LogP contribution in [0.3, 0.4) is 0 Å². The second-order valence-corrected chi connectivity index (χ2v) is 2.59. The average molecular weight is 356 g/mol. The van der Waals surface area contributed by atoms with Gasteiger partial charge in [0.1, 0.15) is 0 Å². The van der Waals surface area contributed by atoms with E-state index in [1.807, 2.05) is 6.92 Å². The number of carboxylic acids is 1. The first-order valence-corrected chi connectivity index (χ1v) is 3.95. The maximum absolute atomic E-state index is 10.4. The van der Waals surface area contributed by atoms with Crippen LogP contribution in [-0.4, -0.2) is 11.1 Å². The zero-order chi connectivity index (χ0) is 7.98. The van der Waals surface area contributed by atoms with Crippen LogP contribution >= 0.6 is 0 Å². The summed E-state index contributed by atoms with van der Waals surface area (Å²) in [7, 11) is 0. The van der Waals surface area contributed by atoms with Gasteiger partial charge in [0.2, 0.25) is 0 Å². The number of aliphatic carboxylic acids is 1. The van der Waals surface area contributed by atoms with Gasteiger partial charge in [0.15, 0.2) is 0 Å². The van der Waals surface area contributed by atoms with E-state index in [1.165, 1.54) is 0 Å². The fourth-order valence-electron chi connectivity index (χ4n) is 0.953. The Morgan fingerprint density at radius 2 is 1.92 bits per heavy atom. The predicted octanol–water partition coefficient (Wildman–Crippen LogP) is 2.45. The molecule has 0 aliphatic carbocycles. The molecule has 0 aliphatic heterocycles. The fraction of sp³-hybridized carbons (Fsp3) is 0.875. The van der Waals surface area contributed by atoms with Gasteiger partial charge in [-0.05, 0) is 12.8 Å². The normalized spacial score (nSPS) is 10.8. The topological polar surface area (TPSA) is 72.3 Å². The van der Waals surface area contributed by atoms with Gasteiger partial charge in [-0.2, -0.15) is 0 Å². The monoisotopic (exact) mass is 356 g/mol. The number of carboxylic acid groups (broad SMARTS) is 1. The number of rotatable bonds is 5. The van der Waals surface area contributed by atoms with Crippen LogP contribution in [0.15, 0.2) is 0 Å². The van der Waals surface area contributed by atoms with Crippen LogP contribution in [0.5, 0.6) is 0 Å². The summed E-state index contributed by atoms with van der Waals surface area (Å²) >= 11 is 0. The van der Waals surface area contributed by atoms with Gasteiger partial charge < -0.3 is 11.3 Å². The molecule has 0 aromatic rings. The maximum atomic E-state index is 10.4. The molecule has 1 unspecified atom stereocenters. The number of hydrogen-bond acceptors (Lipinski definition) is 2. The molecular weight excluding hydrogens is 337 g/mol. The standard InChI is InChI=1S/C8H16O2.H3N.Pt/c1-3-5-6-7(4-2)8(9)10;;/h7H,3-6H2,1-2H3,(H,9,10);1H3;. The molecule has 4 heteroatoms. The fourth-order valence-corrected chi connectivity index (χ4v) is 0.953. The molecule has 0 heterocycles. The van der Waals surface area contributed by atoms with Gasteiger partial charge in [0, 0.05) is 21.1 Å². The summed E-state index contributed by atoms with van der Waals surface area (Å²) in [5.41, 5.74) is 0. The summed E-state index contributed by atoms with van der Waals surface area (Å²) in [5, 5.41) is 8.60. The van der Waals surface area contributed by atoms with Gasteiger partial charge >= 0.3 is 5.97 Å². The minimum Gasteiger partial charge on any atom is -0.481 e. The first kappa shape index (κ1) is 18.0. The molecule has 0 fully saturated rings. The molecule has 0 aromatic carbocycles. The van der Waals surface area contributed by atoms with Gasteiger partial charge in [0.25, 0.3) is 0 Å². The van der Waals surface area contributed by atoms with Gasteiger partial charge in [-0.3, -0.25) is 4.79 Å². The molecule has 0 amide bonds. The van der Waals surface area contributed by atoms with E-state index in [0.29, 0.717) is 0 Å². The Kier molecular flexibility index (Phi) is 16.7. The van der Waals surface area contributed by atoms with Gasteiger partial charge in [-0.1, -0.05) is 26.7 Å². The molecule has 0 rings (SSSR count). The second kappa shape index (κ2) is 11.1. The van der Waals surface area contributed by atoms with Crippen LogP contribution < -0.4 is 6.15 Å². The van der Waals surface area contributed by atoms with Crippen molar-refractivity contribution in [3.8, 4) is 0 Å². The summed E-state index contributed by atoms with van der Waals surface area (Å²) in [4.78, 5) is 10.4. The van der Waals surface area contributed by atoms with Gasteiger partial charge in [0.05, 0.1) is 5.92 Å². The number of carbonyl (C=O) groups is 1. The van der Waals surface area contributed by atoms with E-state index in [9.17, 15) is 4.79 Å². The van der Waals surface area contributed by atoms with E-state index in [-0.39, 0.29) is 33.1 Å². The van der Waals surface area contributed by atoms with Crippen LogP contribution in [0.4, 0.5) is 0 Å². The first-order chi connectivity index (χ1) is 4.72. The Balaban J connectivity index is -0.000000405.